The smallest absolute Gasteiger partial charge is 0.335 e. The molecule has 3 N–H and O–H groups in total. The number of pyridine rings is 2. The van der Waals surface area contributed by atoms with Crippen molar-refractivity contribution in [2.45, 2.75) is 20.4 Å². The van der Waals surface area contributed by atoms with Crippen LogP contribution in [0.1, 0.15) is 24.2 Å². The summed E-state index contributed by atoms with van der Waals surface area (Å²) < 4.78 is 2.14. The molecule has 3 heterocycles. The highest BCUT2D eigenvalue weighted by molar-refractivity contribution is 6.09. The number of imidazole rings is 1. The summed E-state index contributed by atoms with van der Waals surface area (Å²) in [5, 5.41) is 15.1. The summed E-state index contributed by atoms with van der Waals surface area (Å²) in [6.45, 7) is 5.45. The number of nitrogens with zero attached hydrogens (tertiary/aromatic N) is 4. The van der Waals surface area contributed by atoms with Gasteiger partial charge in [-0.2, -0.15) is 0 Å². The number of amides is 1. The maximum absolute atomic E-state index is 11.9. The summed E-state index contributed by atoms with van der Waals surface area (Å²) in [6.07, 6.45) is 4.72. The Bertz CT molecular complexity index is 1220. The number of carboxylic acid groups (broad SMARTS) is 1. The van der Waals surface area contributed by atoms with E-state index in [1.165, 1.54) is 24.5 Å². The fraction of sp³-hybridized carbons (Fsp3) is 0.261. The molecule has 0 aliphatic heterocycles. The van der Waals surface area contributed by atoms with Gasteiger partial charge in [0.15, 0.2) is 5.82 Å². The van der Waals surface area contributed by atoms with Crippen molar-refractivity contribution in [2.24, 2.45) is 5.92 Å². The molecule has 9 heteroatoms. The maximum atomic E-state index is 11.9. The second kappa shape index (κ2) is 10.5. The summed E-state index contributed by atoms with van der Waals surface area (Å²) in [5.74, 6) is -0.0319. The highest BCUT2D eigenvalue weighted by Crippen LogP contribution is 2.29. The summed E-state index contributed by atoms with van der Waals surface area (Å²) >= 11 is 0. The Morgan fingerprint density at radius 3 is 2.47 bits per heavy atom. The zero-order valence-electron chi connectivity index (χ0n) is 18.2. The molecule has 166 valence electrons. The average molecular weight is 435 g/mol. The Morgan fingerprint density at radius 2 is 1.84 bits per heavy atom. The molecule has 1 aromatic carbocycles. The lowest BCUT2D eigenvalue weighted by atomic mass is 10.1. The van der Waals surface area contributed by atoms with Crippen molar-refractivity contribution in [1.82, 2.24) is 24.8 Å². The first-order valence-corrected chi connectivity index (χ1v) is 10.2. The lowest BCUT2D eigenvalue weighted by Gasteiger charge is -2.11. The van der Waals surface area contributed by atoms with E-state index in [1.807, 2.05) is 30.6 Å². The van der Waals surface area contributed by atoms with Gasteiger partial charge in [0.05, 0.1) is 29.5 Å². The predicted octanol–water partition coefficient (Wildman–Crippen LogP) is 3.18. The molecule has 0 atom stereocenters. The van der Waals surface area contributed by atoms with Gasteiger partial charge in [-0.3, -0.25) is 9.78 Å². The molecule has 0 spiro atoms. The fourth-order valence-electron chi connectivity index (χ4n) is 3.23. The molecule has 4 rings (SSSR count). The Kier molecular flexibility index (Phi) is 7.45. The van der Waals surface area contributed by atoms with E-state index in [9.17, 15) is 9.59 Å². The van der Waals surface area contributed by atoms with Gasteiger partial charge in [0.1, 0.15) is 5.52 Å². The van der Waals surface area contributed by atoms with Gasteiger partial charge in [-0.25, -0.2) is 14.8 Å². The number of hydrogen-bond donors (Lipinski definition) is 3. The summed E-state index contributed by atoms with van der Waals surface area (Å²) in [7, 11) is 1.74. The fourth-order valence-corrected chi connectivity index (χ4v) is 3.23. The molecule has 3 aromatic heterocycles. The molecule has 0 unspecified atom stereocenters. The van der Waals surface area contributed by atoms with Crippen LogP contribution >= 0.6 is 0 Å². The Balaban J connectivity index is 0.000000269. The molecule has 0 radical (unpaired) electrons. The predicted molar refractivity (Wildman–Crippen MR) is 124 cm³/mol. The minimum absolute atomic E-state index is 0.130. The molecule has 0 saturated carbocycles. The van der Waals surface area contributed by atoms with Crippen LogP contribution < -0.4 is 10.6 Å². The number of hydrogen-bond acceptors (Lipinski definition) is 6. The number of para-hydroxylation sites is 1. The highest BCUT2D eigenvalue weighted by atomic mass is 16.4. The SMILES string of the molecule is CNCC(=O)Nc1nc2ccccc2c2c1ncn2CC(C)C.O=C(O)c1ccncc1. The van der Waals surface area contributed by atoms with Gasteiger partial charge in [0, 0.05) is 24.3 Å². The van der Waals surface area contributed by atoms with Crippen LogP contribution in [-0.4, -0.2) is 50.1 Å². The van der Waals surface area contributed by atoms with Crippen LogP contribution in [0, 0.1) is 5.92 Å². The molecule has 4 aromatic rings. The van der Waals surface area contributed by atoms with E-state index < -0.39 is 5.97 Å². The van der Waals surface area contributed by atoms with Crippen molar-refractivity contribution in [1.29, 1.82) is 0 Å². The van der Waals surface area contributed by atoms with Crippen LogP contribution in [0.25, 0.3) is 21.9 Å². The van der Waals surface area contributed by atoms with Crippen LogP contribution in [0.15, 0.2) is 55.1 Å². The normalized spacial score (nSPS) is 10.8. The van der Waals surface area contributed by atoms with Crippen LogP contribution in [0.2, 0.25) is 0 Å². The molecule has 1 amide bonds. The Morgan fingerprint density at radius 1 is 1.12 bits per heavy atom. The number of anilines is 1. The quantitative estimate of drug-likeness (QED) is 0.426. The van der Waals surface area contributed by atoms with Crippen molar-refractivity contribution >= 4 is 39.6 Å². The van der Waals surface area contributed by atoms with Crippen molar-refractivity contribution in [3.05, 3.63) is 60.7 Å². The lowest BCUT2D eigenvalue weighted by Crippen LogP contribution is -2.25. The third-order valence-corrected chi connectivity index (χ3v) is 4.54. The zero-order valence-corrected chi connectivity index (χ0v) is 18.2. The largest absolute Gasteiger partial charge is 0.478 e. The molecular formula is C23H26N6O3. The minimum atomic E-state index is -0.919. The molecule has 0 aliphatic rings. The molecular weight excluding hydrogens is 408 g/mol. The number of benzene rings is 1. The van der Waals surface area contributed by atoms with Gasteiger partial charge in [0.25, 0.3) is 0 Å². The van der Waals surface area contributed by atoms with Crippen molar-refractivity contribution in [2.75, 3.05) is 18.9 Å². The van der Waals surface area contributed by atoms with E-state index in [0.717, 1.165) is 28.5 Å². The van der Waals surface area contributed by atoms with Gasteiger partial charge >= 0.3 is 5.97 Å². The molecule has 0 aliphatic carbocycles. The number of fused-ring (bicyclic) bond motifs is 3. The van der Waals surface area contributed by atoms with Gasteiger partial charge < -0.3 is 20.3 Å². The summed E-state index contributed by atoms with van der Waals surface area (Å²) in [6, 6.07) is 10.8. The number of carbonyl (C=O) groups excluding carboxylic acids is 1. The maximum Gasteiger partial charge on any atom is 0.335 e. The summed E-state index contributed by atoms with van der Waals surface area (Å²) in [5.41, 5.74) is 2.87. The number of carboxylic acids is 1. The third kappa shape index (κ3) is 5.44. The first-order valence-electron chi connectivity index (χ1n) is 10.2. The number of aromatic carboxylic acids is 1. The first-order chi connectivity index (χ1) is 15.4. The molecule has 9 nitrogen and oxygen atoms in total. The van der Waals surface area contributed by atoms with Crippen molar-refractivity contribution in [3.63, 3.8) is 0 Å². The summed E-state index contributed by atoms with van der Waals surface area (Å²) in [4.78, 5) is 34.8. The second-order valence-electron chi connectivity index (χ2n) is 7.59. The molecule has 0 saturated heterocycles. The monoisotopic (exact) mass is 434 g/mol. The number of nitrogens with one attached hydrogen (secondary N) is 2. The second-order valence-corrected chi connectivity index (χ2v) is 7.59. The van der Waals surface area contributed by atoms with Crippen LogP contribution in [0.5, 0.6) is 0 Å². The zero-order chi connectivity index (χ0) is 23.1. The Hall–Kier alpha value is -3.85. The van der Waals surface area contributed by atoms with E-state index in [-0.39, 0.29) is 18.0 Å². The van der Waals surface area contributed by atoms with Crippen LogP contribution in [0.4, 0.5) is 5.82 Å². The minimum Gasteiger partial charge on any atom is -0.478 e. The molecule has 0 fully saturated rings. The standard InChI is InChI=1S/C17H21N5O.C6H5NO2/c1-11(2)9-22-10-19-15-16(22)12-6-4-5-7-13(12)20-17(15)21-14(23)8-18-3;8-6(9)5-1-3-7-4-2-5/h4-7,10-11,18H,8-9H2,1-3H3,(H,20,21,23);1-4H,(H,8,9). The van der Waals surface area contributed by atoms with Gasteiger partial charge in [0.2, 0.25) is 5.91 Å². The number of rotatable bonds is 6. The van der Waals surface area contributed by atoms with E-state index >= 15 is 0 Å². The van der Waals surface area contributed by atoms with E-state index in [4.69, 9.17) is 5.11 Å². The van der Waals surface area contributed by atoms with Gasteiger partial charge in [-0.15, -0.1) is 0 Å². The molecule has 32 heavy (non-hydrogen) atoms. The van der Waals surface area contributed by atoms with E-state index in [1.54, 1.807) is 7.05 Å². The van der Waals surface area contributed by atoms with E-state index in [0.29, 0.717) is 11.7 Å². The number of carbonyl (C=O) groups is 2. The Labute approximate surface area is 185 Å². The molecule has 0 bridgehead atoms. The van der Waals surface area contributed by atoms with Crippen LogP contribution in [0.3, 0.4) is 0 Å². The first kappa shape index (κ1) is 22.8. The lowest BCUT2D eigenvalue weighted by molar-refractivity contribution is -0.115. The number of aromatic nitrogens is 4. The van der Waals surface area contributed by atoms with Crippen molar-refractivity contribution in [3.8, 4) is 0 Å². The van der Waals surface area contributed by atoms with Crippen LogP contribution in [-0.2, 0) is 11.3 Å². The van der Waals surface area contributed by atoms with Crippen molar-refractivity contribution < 1.29 is 14.7 Å². The topological polar surface area (TPSA) is 122 Å². The third-order valence-electron chi connectivity index (χ3n) is 4.54. The number of likely N-dealkylation sites (N-methyl/N-ethyl adjacent to an activating group) is 1. The van der Waals surface area contributed by atoms with E-state index in [2.05, 4.69) is 44.0 Å². The average Bonchev–Trinajstić information content (AvgIpc) is 3.19. The highest BCUT2D eigenvalue weighted by Gasteiger charge is 2.15. The van der Waals surface area contributed by atoms with Gasteiger partial charge in [-0.1, -0.05) is 32.0 Å². The van der Waals surface area contributed by atoms with Gasteiger partial charge in [-0.05, 0) is 31.2 Å².